The Hall–Kier alpha value is -3.17. The molecule has 2 amide bonds. The van der Waals surface area contributed by atoms with E-state index in [1.54, 1.807) is 27.5 Å². The SMILES string of the molecule is Cc1cccc(Nc2nc(C(=O)N(CCC(=O)N3CCOCC3)Cc3ccco3)cs2)c1. The summed E-state index contributed by atoms with van der Waals surface area (Å²) in [5.74, 6) is 0.445. The largest absolute Gasteiger partial charge is 0.467 e. The van der Waals surface area contributed by atoms with E-state index in [9.17, 15) is 9.59 Å². The maximum atomic E-state index is 13.2. The molecule has 0 aliphatic carbocycles. The molecular weight excluding hydrogens is 428 g/mol. The number of anilines is 2. The average molecular weight is 455 g/mol. The summed E-state index contributed by atoms with van der Waals surface area (Å²) in [6.45, 7) is 4.86. The lowest BCUT2D eigenvalue weighted by atomic mass is 10.2. The first-order valence-electron chi connectivity index (χ1n) is 10.5. The molecule has 4 rings (SSSR count). The van der Waals surface area contributed by atoms with E-state index in [1.807, 2.05) is 37.3 Å². The molecule has 0 atom stereocenters. The molecule has 1 fully saturated rings. The number of benzene rings is 1. The summed E-state index contributed by atoms with van der Waals surface area (Å²) in [5, 5.41) is 5.62. The van der Waals surface area contributed by atoms with Crippen molar-refractivity contribution in [2.45, 2.75) is 19.9 Å². The van der Waals surface area contributed by atoms with Crippen LogP contribution in [0.5, 0.6) is 0 Å². The lowest BCUT2D eigenvalue weighted by Crippen LogP contribution is -2.42. The predicted octanol–water partition coefficient (Wildman–Crippen LogP) is 3.68. The van der Waals surface area contributed by atoms with Crippen molar-refractivity contribution >= 4 is 34.0 Å². The number of carbonyl (C=O) groups is 2. The number of aromatic nitrogens is 1. The van der Waals surface area contributed by atoms with E-state index in [2.05, 4.69) is 10.3 Å². The highest BCUT2D eigenvalue weighted by molar-refractivity contribution is 7.14. The van der Waals surface area contributed by atoms with Gasteiger partial charge in [-0.3, -0.25) is 9.59 Å². The third kappa shape index (κ3) is 5.74. The number of nitrogens with one attached hydrogen (secondary N) is 1. The van der Waals surface area contributed by atoms with Gasteiger partial charge in [-0.25, -0.2) is 4.98 Å². The van der Waals surface area contributed by atoms with Crippen LogP contribution in [0.15, 0.2) is 52.5 Å². The van der Waals surface area contributed by atoms with Crippen molar-refractivity contribution in [3.8, 4) is 0 Å². The fourth-order valence-corrected chi connectivity index (χ4v) is 4.19. The summed E-state index contributed by atoms with van der Waals surface area (Å²) in [6.07, 6.45) is 1.81. The third-order valence-electron chi connectivity index (χ3n) is 5.17. The molecule has 3 heterocycles. The van der Waals surface area contributed by atoms with Crippen molar-refractivity contribution in [3.05, 3.63) is 65.1 Å². The minimum absolute atomic E-state index is 0.0191. The first-order chi connectivity index (χ1) is 15.6. The van der Waals surface area contributed by atoms with Crippen molar-refractivity contribution in [3.63, 3.8) is 0 Å². The van der Waals surface area contributed by atoms with Gasteiger partial charge in [0.1, 0.15) is 11.5 Å². The van der Waals surface area contributed by atoms with Crippen molar-refractivity contribution in [1.82, 2.24) is 14.8 Å². The second-order valence-corrected chi connectivity index (χ2v) is 8.44. The van der Waals surface area contributed by atoms with Crippen LogP contribution in [0, 0.1) is 6.92 Å². The Morgan fingerprint density at radius 3 is 2.81 bits per heavy atom. The first-order valence-corrected chi connectivity index (χ1v) is 11.4. The normalized spacial score (nSPS) is 13.7. The number of furan rings is 1. The summed E-state index contributed by atoms with van der Waals surface area (Å²) in [7, 11) is 0. The van der Waals surface area contributed by atoms with Gasteiger partial charge in [0.25, 0.3) is 5.91 Å². The minimum atomic E-state index is -0.232. The molecule has 0 unspecified atom stereocenters. The Morgan fingerprint density at radius 1 is 1.22 bits per heavy atom. The highest BCUT2D eigenvalue weighted by Crippen LogP contribution is 2.23. The number of ether oxygens (including phenoxy) is 1. The van der Waals surface area contributed by atoms with Crippen LogP contribution >= 0.6 is 11.3 Å². The molecule has 2 aromatic heterocycles. The second kappa shape index (κ2) is 10.4. The summed E-state index contributed by atoms with van der Waals surface area (Å²) >= 11 is 1.37. The molecule has 0 radical (unpaired) electrons. The summed E-state index contributed by atoms with van der Waals surface area (Å²) in [5.41, 5.74) is 2.40. The van der Waals surface area contributed by atoms with Gasteiger partial charge >= 0.3 is 0 Å². The molecule has 9 heteroatoms. The number of morpholine rings is 1. The van der Waals surface area contributed by atoms with Gasteiger partial charge < -0.3 is 24.3 Å². The number of rotatable bonds is 8. The summed E-state index contributed by atoms with van der Waals surface area (Å²) < 4.78 is 10.7. The van der Waals surface area contributed by atoms with E-state index in [4.69, 9.17) is 9.15 Å². The van der Waals surface area contributed by atoms with Crippen LogP contribution in [0.3, 0.4) is 0 Å². The molecule has 32 heavy (non-hydrogen) atoms. The molecule has 1 aliphatic rings. The molecule has 1 N–H and O–H groups in total. The number of thiazole rings is 1. The van der Waals surface area contributed by atoms with Crippen molar-refractivity contribution < 1.29 is 18.7 Å². The van der Waals surface area contributed by atoms with Crippen molar-refractivity contribution in [2.75, 3.05) is 38.2 Å². The molecule has 0 bridgehead atoms. The van der Waals surface area contributed by atoms with Crippen LogP contribution in [0.2, 0.25) is 0 Å². The van der Waals surface area contributed by atoms with Crippen LogP contribution in [-0.4, -0.2) is 59.4 Å². The Labute approximate surface area is 190 Å². The van der Waals surface area contributed by atoms with E-state index in [-0.39, 0.29) is 31.3 Å². The van der Waals surface area contributed by atoms with Crippen LogP contribution in [-0.2, 0) is 16.1 Å². The number of amides is 2. The third-order valence-corrected chi connectivity index (χ3v) is 5.92. The second-order valence-electron chi connectivity index (χ2n) is 7.58. The molecule has 1 aliphatic heterocycles. The number of carbonyl (C=O) groups excluding carboxylic acids is 2. The molecule has 1 saturated heterocycles. The average Bonchev–Trinajstić information content (AvgIpc) is 3.49. The maximum Gasteiger partial charge on any atom is 0.273 e. The van der Waals surface area contributed by atoms with Gasteiger partial charge in [0, 0.05) is 37.1 Å². The van der Waals surface area contributed by atoms with Crippen LogP contribution in [0.4, 0.5) is 10.8 Å². The van der Waals surface area contributed by atoms with Gasteiger partial charge in [-0.05, 0) is 36.8 Å². The highest BCUT2D eigenvalue weighted by Gasteiger charge is 2.23. The highest BCUT2D eigenvalue weighted by atomic mass is 32.1. The monoisotopic (exact) mass is 454 g/mol. The van der Waals surface area contributed by atoms with Gasteiger partial charge in [0.2, 0.25) is 5.91 Å². The number of hydrogen-bond donors (Lipinski definition) is 1. The predicted molar refractivity (Wildman–Crippen MR) is 122 cm³/mol. The topological polar surface area (TPSA) is 87.9 Å². The van der Waals surface area contributed by atoms with E-state index in [1.165, 1.54) is 11.3 Å². The zero-order valence-corrected chi connectivity index (χ0v) is 18.8. The smallest absolute Gasteiger partial charge is 0.273 e. The molecule has 168 valence electrons. The van der Waals surface area contributed by atoms with Gasteiger partial charge in [-0.15, -0.1) is 11.3 Å². The lowest BCUT2D eigenvalue weighted by molar-refractivity contribution is -0.135. The first kappa shape index (κ1) is 22.0. The Kier molecular flexibility index (Phi) is 7.18. The van der Waals surface area contributed by atoms with Gasteiger partial charge in [0.05, 0.1) is 26.0 Å². The minimum Gasteiger partial charge on any atom is -0.467 e. The number of hydrogen-bond acceptors (Lipinski definition) is 7. The van der Waals surface area contributed by atoms with E-state index in [0.717, 1.165) is 11.3 Å². The Morgan fingerprint density at radius 2 is 2.06 bits per heavy atom. The Balaban J connectivity index is 1.43. The number of aryl methyl sites for hydroxylation is 1. The van der Waals surface area contributed by atoms with Gasteiger partial charge in [0.15, 0.2) is 5.13 Å². The van der Waals surface area contributed by atoms with E-state index < -0.39 is 0 Å². The Bertz CT molecular complexity index is 1040. The fourth-order valence-electron chi connectivity index (χ4n) is 3.48. The quantitative estimate of drug-likeness (QED) is 0.559. The summed E-state index contributed by atoms with van der Waals surface area (Å²) in [6, 6.07) is 11.6. The lowest BCUT2D eigenvalue weighted by Gasteiger charge is -2.28. The maximum absolute atomic E-state index is 13.2. The van der Waals surface area contributed by atoms with Crippen molar-refractivity contribution in [2.24, 2.45) is 0 Å². The van der Waals surface area contributed by atoms with Crippen molar-refractivity contribution in [1.29, 1.82) is 0 Å². The molecular formula is C23H26N4O4S. The zero-order chi connectivity index (χ0) is 22.3. The zero-order valence-electron chi connectivity index (χ0n) is 18.0. The molecule has 8 nitrogen and oxygen atoms in total. The molecule has 1 aromatic carbocycles. The van der Waals surface area contributed by atoms with Crippen LogP contribution in [0.1, 0.15) is 28.2 Å². The number of nitrogens with zero attached hydrogens (tertiary/aromatic N) is 3. The molecule has 0 spiro atoms. The fraction of sp³-hybridized carbons (Fsp3) is 0.348. The molecule has 0 saturated carbocycles. The van der Waals surface area contributed by atoms with Crippen LogP contribution in [0.25, 0.3) is 0 Å². The van der Waals surface area contributed by atoms with Gasteiger partial charge in [-0.1, -0.05) is 12.1 Å². The summed E-state index contributed by atoms with van der Waals surface area (Å²) in [4.78, 5) is 33.7. The van der Waals surface area contributed by atoms with E-state index >= 15 is 0 Å². The standard InChI is InChI=1S/C23H26N4O4S/c1-17-4-2-5-18(14-17)24-23-25-20(16-32-23)22(29)27(15-19-6-3-11-31-19)8-7-21(28)26-9-12-30-13-10-26/h2-6,11,14,16H,7-10,12-13,15H2,1H3,(H,24,25). The molecule has 3 aromatic rings. The van der Waals surface area contributed by atoms with E-state index in [0.29, 0.717) is 42.9 Å². The van der Waals surface area contributed by atoms with Gasteiger partial charge in [-0.2, -0.15) is 0 Å². The van der Waals surface area contributed by atoms with Crippen LogP contribution < -0.4 is 5.32 Å².